The topological polar surface area (TPSA) is 58.6 Å². The van der Waals surface area contributed by atoms with Crippen LogP contribution in [0.15, 0.2) is 53.4 Å². The Balaban J connectivity index is 1.92. The second kappa shape index (κ2) is 6.60. The molecule has 3 rings (SSSR count). The van der Waals surface area contributed by atoms with Crippen LogP contribution in [0.2, 0.25) is 0 Å². The Bertz CT molecular complexity index is 784. The molecule has 2 aromatic carbocycles. The van der Waals surface area contributed by atoms with Crippen molar-refractivity contribution in [3.63, 3.8) is 0 Å². The quantitative estimate of drug-likeness (QED) is 0.935. The smallest absolute Gasteiger partial charge is 0.262 e. The van der Waals surface area contributed by atoms with E-state index in [-0.39, 0.29) is 0 Å². The fourth-order valence-electron chi connectivity index (χ4n) is 2.70. The van der Waals surface area contributed by atoms with Gasteiger partial charge in [0.1, 0.15) is 0 Å². The van der Waals surface area contributed by atoms with Crippen molar-refractivity contribution < 1.29 is 13.2 Å². The number of nitrogens with one attached hydrogen (secondary N) is 1. The molecule has 1 aliphatic heterocycles. The molecule has 0 aromatic heterocycles. The van der Waals surface area contributed by atoms with Crippen molar-refractivity contribution in [1.29, 1.82) is 0 Å². The van der Waals surface area contributed by atoms with Gasteiger partial charge in [0.15, 0.2) is 0 Å². The molecule has 0 unspecified atom stereocenters. The van der Waals surface area contributed by atoms with Crippen LogP contribution in [0.5, 0.6) is 0 Å². The van der Waals surface area contributed by atoms with E-state index in [1.165, 1.54) is 0 Å². The number of aryl methyl sites for hydroxylation is 1. The Labute approximate surface area is 136 Å². The Morgan fingerprint density at radius 2 is 1.65 bits per heavy atom. The third-order valence-electron chi connectivity index (χ3n) is 3.88. The van der Waals surface area contributed by atoms with Crippen LogP contribution in [0.4, 0.5) is 11.4 Å². The molecule has 122 valence electrons. The van der Waals surface area contributed by atoms with Gasteiger partial charge >= 0.3 is 0 Å². The van der Waals surface area contributed by atoms with Crippen molar-refractivity contribution in [2.45, 2.75) is 11.8 Å². The highest BCUT2D eigenvalue weighted by Gasteiger charge is 2.20. The number of hydrogen-bond acceptors (Lipinski definition) is 4. The zero-order chi connectivity index (χ0) is 16.3. The van der Waals surface area contributed by atoms with Gasteiger partial charge in [-0.05, 0) is 30.7 Å². The molecule has 1 N–H and O–H groups in total. The standard InChI is InChI=1S/C17H20N2O3S/c1-14-6-2-5-9-17(14)23(20,21)18-15-7-3-4-8-16(15)19-10-12-22-13-11-19/h2-9,18H,10-13H2,1H3. The summed E-state index contributed by atoms with van der Waals surface area (Å²) in [7, 11) is -3.61. The zero-order valence-electron chi connectivity index (χ0n) is 13.0. The molecular formula is C17H20N2O3S. The second-order valence-electron chi connectivity index (χ2n) is 5.49. The number of para-hydroxylation sites is 2. The van der Waals surface area contributed by atoms with E-state index >= 15 is 0 Å². The highest BCUT2D eigenvalue weighted by molar-refractivity contribution is 7.92. The summed E-state index contributed by atoms with van der Waals surface area (Å²) >= 11 is 0. The number of rotatable bonds is 4. The lowest BCUT2D eigenvalue weighted by Crippen LogP contribution is -2.36. The lowest BCUT2D eigenvalue weighted by Gasteiger charge is -2.30. The van der Waals surface area contributed by atoms with Crippen molar-refractivity contribution in [2.24, 2.45) is 0 Å². The molecule has 5 nitrogen and oxygen atoms in total. The fourth-order valence-corrected chi connectivity index (χ4v) is 4.02. The van der Waals surface area contributed by atoms with Crippen molar-refractivity contribution in [2.75, 3.05) is 35.9 Å². The van der Waals surface area contributed by atoms with Crippen LogP contribution in [0.25, 0.3) is 0 Å². The van der Waals surface area contributed by atoms with E-state index in [4.69, 9.17) is 4.74 Å². The predicted octanol–water partition coefficient (Wildman–Crippen LogP) is 2.63. The van der Waals surface area contributed by atoms with E-state index in [1.54, 1.807) is 31.2 Å². The maximum atomic E-state index is 12.7. The molecule has 0 atom stereocenters. The summed E-state index contributed by atoms with van der Waals surface area (Å²) in [6.07, 6.45) is 0. The number of anilines is 2. The van der Waals surface area contributed by atoms with Gasteiger partial charge in [0.2, 0.25) is 0 Å². The van der Waals surface area contributed by atoms with Crippen molar-refractivity contribution in [3.8, 4) is 0 Å². The van der Waals surface area contributed by atoms with Gasteiger partial charge in [0.05, 0.1) is 29.5 Å². The van der Waals surface area contributed by atoms with Crippen LogP contribution in [0.1, 0.15) is 5.56 Å². The minimum Gasteiger partial charge on any atom is -0.378 e. The molecule has 1 heterocycles. The Hall–Kier alpha value is -2.05. The second-order valence-corrected chi connectivity index (χ2v) is 7.14. The van der Waals surface area contributed by atoms with Gasteiger partial charge in [-0.3, -0.25) is 4.72 Å². The summed E-state index contributed by atoms with van der Waals surface area (Å²) in [6, 6.07) is 14.4. The molecule has 0 amide bonds. The largest absolute Gasteiger partial charge is 0.378 e. The number of nitrogens with zero attached hydrogens (tertiary/aromatic N) is 1. The number of morpholine rings is 1. The molecule has 6 heteroatoms. The molecular weight excluding hydrogens is 312 g/mol. The summed E-state index contributed by atoms with van der Waals surface area (Å²) in [5, 5.41) is 0. The number of benzene rings is 2. The van der Waals surface area contributed by atoms with E-state index in [9.17, 15) is 8.42 Å². The maximum absolute atomic E-state index is 12.7. The average molecular weight is 332 g/mol. The van der Waals surface area contributed by atoms with Crippen molar-refractivity contribution >= 4 is 21.4 Å². The Kier molecular flexibility index (Phi) is 4.54. The third kappa shape index (κ3) is 3.48. The third-order valence-corrected chi connectivity index (χ3v) is 5.41. The lowest BCUT2D eigenvalue weighted by molar-refractivity contribution is 0.123. The number of ether oxygens (including phenoxy) is 1. The van der Waals surface area contributed by atoms with Gasteiger partial charge in [0.25, 0.3) is 10.0 Å². The van der Waals surface area contributed by atoms with Crippen molar-refractivity contribution in [3.05, 3.63) is 54.1 Å². The predicted molar refractivity (Wildman–Crippen MR) is 91.5 cm³/mol. The molecule has 0 radical (unpaired) electrons. The van der Waals surface area contributed by atoms with Gasteiger partial charge in [-0.1, -0.05) is 30.3 Å². The van der Waals surface area contributed by atoms with E-state index in [0.29, 0.717) is 23.8 Å². The first kappa shape index (κ1) is 15.8. The summed E-state index contributed by atoms with van der Waals surface area (Å²) in [4.78, 5) is 2.44. The van der Waals surface area contributed by atoms with Crippen LogP contribution in [0, 0.1) is 6.92 Å². The first-order valence-electron chi connectivity index (χ1n) is 7.58. The summed E-state index contributed by atoms with van der Waals surface area (Å²) in [5.41, 5.74) is 2.20. The van der Waals surface area contributed by atoms with Crippen LogP contribution < -0.4 is 9.62 Å². The normalized spacial score (nSPS) is 15.4. The number of sulfonamides is 1. The highest BCUT2D eigenvalue weighted by atomic mass is 32.2. The molecule has 0 saturated carbocycles. The Morgan fingerprint density at radius 1 is 1.00 bits per heavy atom. The van der Waals surface area contributed by atoms with Gasteiger partial charge in [-0.25, -0.2) is 8.42 Å². The number of hydrogen-bond donors (Lipinski definition) is 1. The molecule has 2 aromatic rings. The molecule has 0 spiro atoms. The maximum Gasteiger partial charge on any atom is 0.262 e. The van der Waals surface area contributed by atoms with Crippen LogP contribution in [0.3, 0.4) is 0 Å². The summed E-state index contributed by atoms with van der Waals surface area (Å²) in [5.74, 6) is 0. The van der Waals surface area contributed by atoms with Gasteiger partial charge < -0.3 is 9.64 Å². The van der Waals surface area contributed by atoms with E-state index in [1.807, 2.05) is 24.3 Å². The van der Waals surface area contributed by atoms with E-state index in [0.717, 1.165) is 24.3 Å². The van der Waals surface area contributed by atoms with E-state index in [2.05, 4.69) is 9.62 Å². The van der Waals surface area contributed by atoms with Crippen molar-refractivity contribution in [1.82, 2.24) is 0 Å². The van der Waals surface area contributed by atoms with Gasteiger partial charge in [0, 0.05) is 13.1 Å². The minimum atomic E-state index is -3.61. The summed E-state index contributed by atoms with van der Waals surface area (Å²) in [6.45, 7) is 4.60. The van der Waals surface area contributed by atoms with Gasteiger partial charge in [-0.15, -0.1) is 0 Å². The fraction of sp³-hybridized carbons (Fsp3) is 0.294. The SMILES string of the molecule is Cc1ccccc1S(=O)(=O)Nc1ccccc1N1CCOCC1. The minimum absolute atomic E-state index is 0.303. The molecule has 1 saturated heterocycles. The van der Waals surface area contributed by atoms with Crippen LogP contribution in [-0.2, 0) is 14.8 Å². The van der Waals surface area contributed by atoms with E-state index < -0.39 is 10.0 Å². The molecule has 1 fully saturated rings. The van der Waals surface area contributed by atoms with Crippen LogP contribution >= 0.6 is 0 Å². The molecule has 23 heavy (non-hydrogen) atoms. The summed E-state index contributed by atoms with van der Waals surface area (Å²) < 4.78 is 33.5. The Morgan fingerprint density at radius 3 is 2.39 bits per heavy atom. The monoisotopic (exact) mass is 332 g/mol. The zero-order valence-corrected chi connectivity index (χ0v) is 13.8. The van der Waals surface area contributed by atoms with Crippen LogP contribution in [-0.4, -0.2) is 34.7 Å². The molecule has 0 aliphatic carbocycles. The lowest BCUT2D eigenvalue weighted by atomic mass is 10.2. The highest BCUT2D eigenvalue weighted by Crippen LogP contribution is 2.29. The average Bonchev–Trinajstić information content (AvgIpc) is 2.56. The molecule has 1 aliphatic rings. The first-order chi connectivity index (χ1) is 11.1. The van der Waals surface area contributed by atoms with Gasteiger partial charge in [-0.2, -0.15) is 0 Å². The molecule has 0 bridgehead atoms. The first-order valence-corrected chi connectivity index (χ1v) is 9.06.